The van der Waals surface area contributed by atoms with Crippen LogP contribution in [-0.2, 0) is 0 Å². The predicted octanol–water partition coefficient (Wildman–Crippen LogP) is 4.78. The number of hydrogen-bond acceptors (Lipinski definition) is 4. The molecule has 3 aromatic carbocycles. The van der Waals surface area contributed by atoms with E-state index in [9.17, 15) is 4.79 Å². The Morgan fingerprint density at radius 2 is 1.83 bits per heavy atom. The van der Waals surface area contributed by atoms with Crippen LogP contribution in [0, 0.1) is 0 Å². The van der Waals surface area contributed by atoms with Crippen LogP contribution in [0.2, 0.25) is 0 Å². The van der Waals surface area contributed by atoms with Crippen molar-refractivity contribution in [1.29, 1.82) is 0 Å². The van der Waals surface area contributed by atoms with Crippen molar-refractivity contribution in [3.8, 4) is 17.0 Å². The molecule has 0 fully saturated rings. The third kappa shape index (κ3) is 4.07. The van der Waals surface area contributed by atoms with Gasteiger partial charge in [0.05, 0.1) is 18.0 Å². The second-order valence-electron chi connectivity index (χ2n) is 6.79. The second-order valence-corrected chi connectivity index (χ2v) is 6.79. The van der Waals surface area contributed by atoms with Gasteiger partial charge in [0.1, 0.15) is 11.4 Å². The second kappa shape index (κ2) is 8.61. The van der Waals surface area contributed by atoms with Crippen molar-refractivity contribution in [3.63, 3.8) is 0 Å². The highest BCUT2D eigenvalue weighted by molar-refractivity contribution is 6.01. The monoisotopic (exact) mass is 398 g/mol. The first-order valence-corrected chi connectivity index (χ1v) is 9.77. The van der Waals surface area contributed by atoms with Gasteiger partial charge in [-0.05, 0) is 60.5 Å². The van der Waals surface area contributed by atoms with Gasteiger partial charge in [0.2, 0.25) is 0 Å². The minimum Gasteiger partial charge on any atom is -0.494 e. The van der Waals surface area contributed by atoms with E-state index in [0.717, 1.165) is 27.6 Å². The number of benzene rings is 3. The zero-order chi connectivity index (χ0) is 20.9. The highest BCUT2D eigenvalue weighted by Crippen LogP contribution is 2.27. The summed E-state index contributed by atoms with van der Waals surface area (Å²) in [6, 6.07) is 23.4. The highest BCUT2D eigenvalue weighted by atomic mass is 16.5. The molecule has 0 radical (unpaired) electrons. The van der Waals surface area contributed by atoms with E-state index >= 15 is 0 Å². The molecule has 6 heteroatoms. The third-order valence-electron chi connectivity index (χ3n) is 4.80. The molecule has 2 N–H and O–H groups in total. The zero-order valence-corrected chi connectivity index (χ0v) is 16.8. The van der Waals surface area contributed by atoms with Crippen LogP contribution < -0.4 is 10.2 Å². The number of rotatable bonds is 6. The fourth-order valence-electron chi connectivity index (χ4n) is 3.24. The summed E-state index contributed by atoms with van der Waals surface area (Å²) in [5.41, 5.74) is 6.21. The summed E-state index contributed by atoms with van der Waals surface area (Å²) in [4.78, 5) is 12.5. The number of ether oxygens (including phenoxy) is 1. The molecule has 0 saturated carbocycles. The van der Waals surface area contributed by atoms with Gasteiger partial charge in [-0.3, -0.25) is 9.89 Å². The van der Waals surface area contributed by atoms with Gasteiger partial charge in [0.25, 0.3) is 5.91 Å². The summed E-state index contributed by atoms with van der Waals surface area (Å²) in [7, 11) is 0. The average molecular weight is 398 g/mol. The van der Waals surface area contributed by atoms with Crippen molar-refractivity contribution in [2.24, 2.45) is 5.10 Å². The molecule has 6 nitrogen and oxygen atoms in total. The van der Waals surface area contributed by atoms with Crippen molar-refractivity contribution in [3.05, 3.63) is 84.1 Å². The van der Waals surface area contributed by atoms with Crippen LogP contribution in [0.1, 0.15) is 29.9 Å². The van der Waals surface area contributed by atoms with Crippen LogP contribution in [0.25, 0.3) is 22.0 Å². The molecule has 4 aromatic rings. The first-order valence-electron chi connectivity index (χ1n) is 9.77. The minimum absolute atomic E-state index is 0.348. The number of aromatic nitrogens is 2. The molecule has 30 heavy (non-hydrogen) atoms. The summed E-state index contributed by atoms with van der Waals surface area (Å²) in [6.07, 6.45) is 0. The lowest BCUT2D eigenvalue weighted by atomic mass is 10.0. The SMILES string of the molecule is CCOc1ccc(C(C)=NNC(=O)c2cc(-c3cccc4ccccc34)n[nH]2)cc1. The maximum Gasteiger partial charge on any atom is 0.289 e. The van der Waals surface area contributed by atoms with Crippen molar-refractivity contribution in [1.82, 2.24) is 15.6 Å². The Morgan fingerprint density at radius 3 is 2.63 bits per heavy atom. The van der Waals surface area contributed by atoms with Gasteiger partial charge in [-0.2, -0.15) is 10.2 Å². The highest BCUT2D eigenvalue weighted by Gasteiger charge is 2.12. The summed E-state index contributed by atoms with van der Waals surface area (Å²) < 4.78 is 5.44. The van der Waals surface area contributed by atoms with Crippen molar-refractivity contribution in [2.75, 3.05) is 6.61 Å². The molecule has 1 heterocycles. The largest absolute Gasteiger partial charge is 0.494 e. The number of aromatic amines is 1. The number of nitrogens with one attached hydrogen (secondary N) is 2. The Hall–Kier alpha value is -3.93. The molecule has 1 aromatic heterocycles. The Labute approximate surface area is 174 Å². The molecular formula is C24H22N4O2. The Balaban J connectivity index is 1.49. The first-order chi connectivity index (χ1) is 14.7. The van der Waals surface area contributed by atoms with Gasteiger partial charge in [0, 0.05) is 5.56 Å². The fourth-order valence-corrected chi connectivity index (χ4v) is 3.24. The number of hydrazone groups is 1. The van der Waals surface area contributed by atoms with Gasteiger partial charge in [0.15, 0.2) is 0 Å². The molecule has 0 aliphatic rings. The number of carbonyl (C=O) groups is 1. The van der Waals surface area contributed by atoms with E-state index in [2.05, 4.69) is 32.9 Å². The molecular weight excluding hydrogens is 376 g/mol. The number of amides is 1. The summed E-state index contributed by atoms with van der Waals surface area (Å²) in [6.45, 7) is 4.40. The Kier molecular flexibility index (Phi) is 5.57. The third-order valence-corrected chi connectivity index (χ3v) is 4.80. The summed E-state index contributed by atoms with van der Waals surface area (Å²) in [5, 5.41) is 13.5. The van der Waals surface area contributed by atoms with E-state index in [0.29, 0.717) is 23.7 Å². The van der Waals surface area contributed by atoms with Gasteiger partial charge in [-0.1, -0.05) is 42.5 Å². The van der Waals surface area contributed by atoms with Crippen LogP contribution in [0.3, 0.4) is 0 Å². The molecule has 0 atom stereocenters. The van der Waals surface area contributed by atoms with E-state index in [4.69, 9.17) is 4.74 Å². The molecule has 0 spiro atoms. The van der Waals surface area contributed by atoms with Crippen molar-refractivity contribution >= 4 is 22.4 Å². The van der Waals surface area contributed by atoms with E-state index in [1.165, 1.54) is 0 Å². The number of carbonyl (C=O) groups excluding carboxylic acids is 1. The summed E-state index contributed by atoms with van der Waals surface area (Å²) in [5.74, 6) is 0.454. The zero-order valence-electron chi connectivity index (χ0n) is 16.8. The molecule has 0 unspecified atom stereocenters. The van der Waals surface area contributed by atoms with Gasteiger partial charge < -0.3 is 4.74 Å². The lowest BCUT2D eigenvalue weighted by molar-refractivity contribution is 0.0950. The molecule has 150 valence electrons. The van der Waals surface area contributed by atoms with E-state index in [1.54, 1.807) is 6.07 Å². The van der Waals surface area contributed by atoms with Gasteiger partial charge in [-0.25, -0.2) is 5.43 Å². The van der Waals surface area contributed by atoms with Crippen LogP contribution in [0.4, 0.5) is 0 Å². The van der Waals surface area contributed by atoms with Crippen molar-refractivity contribution in [2.45, 2.75) is 13.8 Å². The van der Waals surface area contributed by atoms with Crippen LogP contribution >= 0.6 is 0 Å². The molecule has 0 saturated heterocycles. The van der Waals surface area contributed by atoms with Crippen LogP contribution in [0.15, 0.2) is 77.9 Å². The minimum atomic E-state index is -0.348. The molecule has 0 aliphatic heterocycles. The standard InChI is InChI=1S/C24H22N4O2/c1-3-30-19-13-11-17(12-14-19)16(2)25-28-24(29)23-15-22(26-27-23)21-10-6-8-18-7-4-5-9-20(18)21/h4-15H,3H2,1-2H3,(H,26,27)(H,28,29). The number of hydrogen-bond donors (Lipinski definition) is 2. The maximum absolute atomic E-state index is 12.5. The van der Waals surface area contributed by atoms with Gasteiger partial charge >= 0.3 is 0 Å². The average Bonchev–Trinajstić information content (AvgIpc) is 3.28. The van der Waals surface area contributed by atoms with Crippen molar-refractivity contribution < 1.29 is 9.53 Å². The molecule has 4 rings (SSSR count). The normalized spacial score (nSPS) is 11.5. The van der Waals surface area contributed by atoms with E-state index in [-0.39, 0.29) is 5.91 Å². The number of H-pyrrole nitrogens is 1. The molecule has 0 aliphatic carbocycles. The molecule has 0 bridgehead atoms. The smallest absolute Gasteiger partial charge is 0.289 e. The van der Waals surface area contributed by atoms with Gasteiger partial charge in [-0.15, -0.1) is 0 Å². The van der Waals surface area contributed by atoms with E-state index < -0.39 is 0 Å². The maximum atomic E-state index is 12.5. The number of nitrogens with zero attached hydrogens (tertiary/aromatic N) is 2. The molecule has 1 amide bonds. The number of fused-ring (bicyclic) bond motifs is 1. The Bertz CT molecular complexity index is 1200. The lowest BCUT2D eigenvalue weighted by Gasteiger charge is -2.05. The fraction of sp³-hybridized carbons (Fsp3) is 0.125. The topological polar surface area (TPSA) is 79.4 Å². The quantitative estimate of drug-likeness (QED) is 0.362. The summed E-state index contributed by atoms with van der Waals surface area (Å²) >= 11 is 0. The Morgan fingerprint density at radius 1 is 1.07 bits per heavy atom. The van der Waals surface area contributed by atoms with Crippen LogP contribution in [0.5, 0.6) is 5.75 Å². The predicted molar refractivity (Wildman–Crippen MR) is 119 cm³/mol. The lowest BCUT2D eigenvalue weighted by Crippen LogP contribution is -2.19. The van der Waals surface area contributed by atoms with E-state index in [1.807, 2.05) is 68.4 Å². The van der Waals surface area contributed by atoms with Crippen LogP contribution in [-0.4, -0.2) is 28.4 Å². The first kappa shape index (κ1) is 19.4.